The van der Waals surface area contributed by atoms with E-state index in [4.69, 9.17) is 5.26 Å². The summed E-state index contributed by atoms with van der Waals surface area (Å²) in [7, 11) is 1.70. The van der Waals surface area contributed by atoms with Crippen molar-refractivity contribution in [3.8, 4) is 6.07 Å². The summed E-state index contributed by atoms with van der Waals surface area (Å²) in [5.74, 6) is -0.115. The second-order valence-electron chi connectivity index (χ2n) is 5.45. The van der Waals surface area contributed by atoms with Gasteiger partial charge in [0.2, 0.25) is 11.8 Å². The first-order valence-electron chi connectivity index (χ1n) is 6.68. The Hall–Kier alpha value is -2.35. The second-order valence-corrected chi connectivity index (χ2v) is 5.45. The maximum atomic E-state index is 12.3. The van der Waals surface area contributed by atoms with Crippen molar-refractivity contribution in [3.63, 3.8) is 0 Å². The molecule has 1 aliphatic carbocycles. The lowest BCUT2D eigenvalue weighted by atomic mass is 10.0. The van der Waals surface area contributed by atoms with Gasteiger partial charge in [-0.15, -0.1) is 0 Å². The summed E-state index contributed by atoms with van der Waals surface area (Å²) < 4.78 is 0. The molecule has 0 unspecified atom stereocenters. The van der Waals surface area contributed by atoms with Crippen molar-refractivity contribution in [1.82, 2.24) is 0 Å². The van der Waals surface area contributed by atoms with E-state index < -0.39 is 5.41 Å². The van der Waals surface area contributed by atoms with E-state index in [0.717, 1.165) is 16.9 Å². The maximum Gasteiger partial charge on any atom is 0.247 e. The number of nitrogens with one attached hydrogen (secondary N) is 1. The van der Waals surface area contributed by atoms with Gasteiger partial charge in [0.05, 0.1) is 6.07 Å². The second kappa shape index (κ2) is 4.34. The first-order valence-corrected chi connectivity index (χ1v) is 6.68. The zero-order valence-electron chi connectivity index (χ0n) is 11.3. The van der Waals surface area contributed by atoms with E-state index in [-0.39, 0.29) is 11.8 Å². The number of carbonyl (C=O) groups excluding carboxylic acids is 2. The molecular weight excluding hydrogens is 254 g/mol. The van der Waals surface area contributed by atoms with Crippen LogP contribution in [0, 0.1) is 16.7 Å². The van der Waals surface area contributed by atoms with E-state index in [1.807, 2.05) is 12.1 Å². The fourth-order valence-corrected chi connectivity index (χ4v) is 2.52. The fraction of sp³-hybridized carbons (Fsp3) is 0.400. The van der Waals surface area contributed by atoms with E-state index in [0.29, 0.717) is 25.7 Å². The zero-order chi connectivity index (χ0) is 14.3. The van der Waals surface area contributed by atoms with Crippen LogP contribution < -0.4 is 10.2 Å². The van der Waals surface area contributed by atoms with Crippen molar-refractivity contribution >= 4 is 23.2 Å². The third kappa shape index (κ3) is 1.94. The SMILES string of the molecule is CN(C(=O)C1(C#N)CC1)c1ccc2c(c1)CCC(=O)N2. The van der Waals surface area contributed by atoms with Crippen molar-refractivity contribution in [2.45, 2.75) is 25.7 Å². The molecule has 1 N–H and O–H groups in total. The third-order valence-corrected chi connectivity index (χ3v) is 4.05. The Balaban J connectivity index is 1.86. The fourth-order valence-electron chi connectivity index (χ4n) is 2.52. The molecule has 1 aliphatic heterocycles. The van der Waals surface area contributed by atoms with Crippen LogP contribution in [-0.2, 0) is 16.0 Å². The number of nitrogens with zero attached hydrogens (tertiary/aromatic N) is 2. The summed E-state index contributed by atoms with van der Waals surface area (Å²) in [6.07, 6.45) is 2.44. The van der Waals surface area contributed by atoms with Gasteiger partial charge in [0.25, 0.3) is 0 Å². The number of anilines is 2. The molecule has 1 saturated carbocycles. The average molecular weight is 269 g/mol. The highest BCUT2D eigenvalue weighted by atomic mass is 16.2. The number of carbonyl (C=O) groups is 2. The normalized spacial score (nSPS) is 18.5. The van der Waals surface area contributed by atoms with Gasteiger partial charge in [-0.3, -0.25) is 9.59 Å². The standard InChI is InChI=1S/C15H15N3O2/c1-18(14(20)15(9-16)6-7-15)11-3-4-12-10(8-11)2-5-13(19)17-12/h3-4,8H,2,5-7H2,1H3,(H,17,19). The summed E-state index contributed by atoms with van der Waals surface area (Å²) in [6, 6.07) is 7.66. The average Bonchev–Trinajstić information content (AvgIpc) is 3.26. The molecule has 1 aromatic rings. The zero-order valence-corrected chi connectivity index (χ0v) is 11.3. The summed E-state index contributed by atoms with van der Waals surface area (Å²) in [5.41, 5.74) is 1.81. The van der Waals surface area contributed by atoms with Crippen LogP contribution in [0.3, 0.4) is 0 Å². The Labute approximate surface area is 117 Å². The quantitative estimate of drug-likeness (QED) is 0.890. The van der Waals surface area contributed by atoms with Crippen LogP contribution in [0.4, 0.5) is 11.4 Å². The monoisotopic (exact) mass is 269 g/mol. The molecule has 2 aliphatic rings. The van der Waals surface area contributed by atoms with E-state index in [1.54, 1.807) is 18.0 Å². The third-order valence-electron chi connectivity index (χ3n) is 4.05. The van der Waals surface area contributed by atoms with Gasteiger partial charge in [-0.25, -0.2) is 0 Å². The minimum Gasteiger partial charge on any atom is -0.326 e. The molecule has 1 aromatic carbocycles. The first kappa shape index (κ1) is 12.7. The Morgan fingerprint density at radius 1 is 1.40 bits per heavy atom. The van der Waals surface area contributed by atoms with Crippen LogP contribution >= 0.6 is 0 Å². The summed E-state index contributed by atoms with van der Waals surface area (Å²) in [5, 5.41) is 11.9. The molecule has 0 radical (unpaired) electrons. The predicted octanol–water partition coefficient (Wildman–Crippen LogP) is 1.84. The molecule has 0 aromatic heterocycles. The molecule has 5 heteroatoms. The van der Waals surface area contributed by atoms with Crippen LogP contribution in [-0.4, -0.2) is 18.9 Å². The lowest BCUT2D eigenvalue weighted by molar-refractivity contribution is -0.121. The molecule has 0 saturated heterocycles. The topological polar surface area (TPSA) is 73.2 Å². The Morgan fingerprint density at radius 2 is 2.15 bits per heavy atom. The molecule has 0 spiro atoms. The lowest BCUT2D eigenvalue weighted by Crippen LogP contribution is -2.33. The number of hydrogen-bond donors (Lipinski definition) is 1. The number of rotatable bonds is 2. The van der Waals surface area contributed by atoms with Gasteiger partial charge >= 0.3 is 0 Å². The van der Waals surface area contributed by atoms with Gasteiger partial charge in [0.1, 0.15) is 5.41 Å². The summed E-state index contributed by atoms with van der Waals surface area (Å²) in [6.45, 7) is 0. The lowest BCUT2D eigenvalue weighted by Gasteiger charge is -2.23. The first-order chi connectivity index (χ1) is 9.55. The molecule has 0 atom stereocenters. The van der Waals surface area contributed by atoms with Crippen LogP contribution in [0.15, 0.2) is 18.2 Å². The van der Waals surface area contributed by atoms with Gasteiger partial charge in [-0.2, -0.15) is 5.26 Å². The summed E-state index contributed by atoms with van der Waals surface area (Å²) in [4.78, 5) is 25.2. The number of fused-ring (bicyclic) bond motifs is 1. The number of amides is 2. The van der Waals surface area contributed by atoms with Crippen LogP contribution in [0.25, 0.3) is 0 Å². The Bertz CT molecular complexity index is 641. The van der Waals surface area contributed by atoms with Crippen molar-refractivity contribution in [2.75, 3.05) is 17.3 Å². The van der Waals surface area contributed by atoms with Gasteiger partial charge in [0, 0.05) is 24.8 Å². The molecule has 102 valence electrons. The Kier molecular flexibility index (Phi) is 2.75. The molecule has 5 nitrogen and oxygen atoms in total. The minimum atomic E-state index is -0.807. The molecule has 2 amide bonds. The van der Waals surface area contributed by atoms with E-state index in [1.165, 1.54) is 0 Å². The highest BCUT2D eigenvalue weighted by Gasteiger charge is 2.52. The largest absolute Gasteiger partial charge is 0.326 e. The molecule has 20 heavy (non-hydrogen) atoms. The number of nitriles is 1. The molecular formula is C15H15N3O2. The molecule has 1 fully saturated rings. The van der Waals surface area contributed by atoms with Crippen LogP contribution in [0.5, 0.6) is 0 Å². The van der Waals surface area contributed by atoms with Crippen molar-refractivity contribution in [1.29, 1.82) is 5.26 Å². The van der Waals surface area contributed by atoms with E-state index >= 15 is 0 Å². The molecule has 1 heterocycles. The van der Waals surface area contributed by atoms with Gasteiger partial charge in [0.15, 0.2) is 0 Å². The smallest absolute Gasteiger partial charge is 0.247 e. The van der Waals surface area contributed by atoms with Crippen LogP contribution in [0.2, 0.25) is 0 Å². The summed E-state index contributed by atoms with van der Waals surface area (Å²) >= 11 is 0. The highest BCUT2D eigenvalue weighted by molar-refractivity contribution is 6.01. The molecule has 3 rings (SSSR count). The van der Waals surface area contributed by atoms with Gasteiger partial charge in [-0.05, 0) is 43.0 Å². The van der Waals surface area contributed by atoms with E-state index in [9.17, 15) is 9.59 Å². The Morgan fingerprint density at radius 3 is 2.80 bits per heavy atom. The number of hydrogen-bond acceptors (Lipinski definition) is 3. The van der Waals surface area contributed by atoms with Crippen molar-refractivity contribution in [2.24, 2.45) is 5.41 Å². The number of aryl methyl sites for hydroxylation is 1. The van der Waals surface area contributed by atoms with Gasteiger partial charge < -0.3 is 10.2 Å². The maximum absolute atomic E-state index is 12.3. The van der Waals surface area contributed by atoms with Crippen molar-refractivity contribution < 1.29 is 9.59 Å². The minimum absolute atomic E-state index is 0.0242. The predicted molar refractivity (Wildman–Crippen MR) is 74.1 cm³/mol. The number of benzene rings is 1. The molecule has 0 bridgehead atoms. The highest BCUT2D eigenvalue weighted by Crippen LogP contribution is 2.47. The van der Waals surface area contributed by atoms with Gasteiger partial charge in [-0.1, -0.05) is 0 Å². The van der Waals surface area contributed by atoms with E-state index in [2.05, 4.69) is 11.4 Å². The van der Waals surface area contributed by atoms with Crippen LogP contribution in [0.1, 0.15) is 24.8 Å². The van der Waals surface area contributed by atoms with Crippen molar-refractivity contribution in [3.05, 3.63) is 23.8 Å².